The number of rotatable bonds is 10. The maximum absolute atomic E-state index is 13.4. The van der Waals surface area contributed by atoms with Gasteiger partial charge in [-0.1, -0.05) is 40.7 Å². The number of nitrogens with one attached hydrogen (secondary N) is 3. The van der Waals surface area contributed by atoms with Crippen LogP contribution >= 0.6 is 0 Å². The average Bonchev–Trinajstić information content (AvgIpc) is 2.82. The Morgan fingerprint density at radius 2 is 1.72 bits per heavy atom. The maximum atomic E-state index is 13.4. The molecular weight excluding hydrogens is 464 g/mol. The van der Waals surface area contributed by atoms with E-state index in [1.165, 1.54) is 17.7 Å². The van der Waals surface area contributed by atoms with Gasteiger partial charge in [-0.15, -0.1) is 0 Å². The van der Waals surface area contributed by atoms with Gasteiger partial charge >= 0.3 is 0 Å². The monoisotopic (exact) mass is 502 g/mol. The number of likely N-dealkylation sites (N-methyl/N-ethyl adjacent to an activating group) is 1. The maximum Gasteiger partial charge on any atom is 0.273 e. The molecule has 2 rings (SSSR count). The van der Waals surface area contributed by atoms with E-state index in [0.29, 0.717) is 0 Å². The number of carbonyl (C=O) groups is 3. The van der Waals surface area contributed by atoms with Gasteiger partial charge in [0.1, 0.15) is 12.1 Å². The lowest BCUT2D eigenvalue weighted by Gasteiger charge is -2.33. The van der Waals surface area contributed by atoms with Crippen molar-refractivity contribution in [3.05, 3.63) is 46.2 Å². The molecule has 0 aliphatic carbocycles. The number of carbonyl (C=O) groups excluding carboxylic acids is 3. The van der Waals surface area contributed by atoms with Gasteiger partial charge in [0.05, 0.1) is 18.0 Å². The molecule has 0 bridgehead atoms. The van der Waals surface area contributed by atoms with Crippen LogP contribution < -0.4 is 21.7 Å². The molecule has 0 fully saturated rings. The second-order valence-corrected chi connectivity index (χ2v) is 10.5. The number of amides is 3. The van der Waals surface area contributed by atoms with Crippen LogP contribution in [0.1, 0.15) is 46.6 Å². The van der Waals surface area contributed by atoms with E-state index in [2.05, 4.69) is 10.6 Å². The Hall–Kier alpha value is -3.24. The van der Waals surface area contributed by atoms with Crippen molar-refractivity contribution in [1.82, 2.24) is 20.7 Å². The summed E-state index contributed by atoms with van der Waals surface area (Å²) in [5.74, 6) is -2.67. The van der Waals surface area contributed by atoms with Crippen LogP contribution in [0.2, 0.25) is 0 Å². The van der Waals surface area contributed by atoms with Gasteiger partial charge in [-0.05, 0) is 46.9 Å². The van der Waals surface area contributed by atoms with Crippen molar-refractivity contribution in [2.45, 2.75) is 59.8 Å². The van der Waals surface area contributed by atoms with Crippen LogP contribution in [0.15, 0.2) is 35.1 Å². The van der Waals surface area contributed by atoms with Crippen LogP contribution in [-0.2, 0) is 32.8 Å². The first kappa shape index (κ1) is 29.0. The first-order valence-corrected chi connectivity index (χ1v) is 12.0. The standard InChI is InChI=1S/C26H38N4O6/c1-15(2)12-18(23(32)28-22(25(34)27-6)26(3,4)5)21(24(33)29-35)36-14-16-8-10-19-17(13-16)9-11-20(31)30(19)7/h8-11,13,15,18,21-22,35H,12,14H2,1-7H3,(H,27,34)(H,28,32)(H,29,33)/t18-,21+,22-/m1/s1. The van der Waals surface area contributed by atoms with E-state index in [4.69, 9.17) is 4.74 Å². The van der Waals surface area contributed by atoms with Gasteiger partial charge in [0.25, 0.3) is 11.5 Å². The number of aromatic nitrogens is 1. The van der Waals surface area contributed by atoms with Gasteiger partial charge in [-0.3, -0.25) is 24.4 Å². The molecule has 1 aromatic heterocycles. The van der Waals surface area contributed by atoms with E-state index in [0.717, 1.165) is 16.5 Å². The summed E-state index contributed by atoms with van der Waals surface area (Å²) in [6.45, 7) is 9.28. The third kappa shape index (κ3) is 7.14. The summed E-state index contributed by atoms with van der Waals surface area (Å²) in [5, 5.41) is 15.6. The Labute approximate surface area is 211 Å². The highest BCUT2D eigenvalue weighted by molar-refractivity contribution is 5.92. The Morgan fingerprint density at radius 1 is 1.06 bits per heavy atom. The fourth-order valence-corrected chi connectivity index (χ4v) is 4.09. The quantitative estimate of drug-likeness (QED) is 0.289. The van der Waals surface area contributed by atoms with Crippen molar-refractivity contribution in [1.29, 1.82) is 0 Å². The van der Waals surface area contributed by atoms with Crippen LogP contribution in [0.3, 0.4) is 0 Å². The molecule has 1 aromatic carbocycles. The van der Waals surface area contributed by atoms with Crippen molar-refractivity contribution in [2.75, 3.05) is 7.05 Å². The molecule has 4 N–H and O–H groups in total. The molecule has 1 heterocycles. The number of hydrogen-bond donors (Lipinski definition) is 4. The molecule has 3 amide bonds. The zero-order valence-corrected chi connectivity index (χ0v) is 22.0. The first-order valence-electron chi connectivity index (χ1n) is 12.0. The van der Waals surface area contributed by atoms with E-state index >= 15 is 0 Å². The van der Waals surface area contributed by atoms with Crippen molar-refractivity contribution in [3.63, 3.8) is 0 Å². The minimum atomic E-state index is -1.31. The number of nitrogens with zero attached hydrogens (tertiary/aromatic N) is 1. The molecule has 0 unspecified atom stereocenters. The zero-order valence-electron chi connectivity index (χ0n) is 22.0. The van der Waals surface area contributed by atoms with Crippen LogP contribution in [0.5, 0.6) is 0 Å². The summed E-state index contributed by atoms with van der Waals surface area (Å²) in [7, 11) is 3.17. The number of hydroxylamine groups is 1. The third-order valence-corrected chi connectivity index (χ3v) is 6.08. The molecule has 198 valence electrons. The van der Waals surface area contributed by atoms with Crippen molar-refractivity contribution in [2.24, 2.45) is 24.3 Å². The molecule has 0 saturated carbocycles. The highest BCUT2D eigenvalue weighted by Crippen LogP contribution is 2.24. The number of hydrogen-bond acceptors (Lipinski definition) is 6. The number of pyridine rings is 1. The lowest BCUT2D eigenvalue weighted by molar-refractivity contribution is -0.153. The second-order valence-electron chi connectivity index (χ2n) is 10.5. The van der Waals surface area contributed by atoms with E-state index in [9.17, 15) is 24.4 Å². The Kier molecular flexibility index (Phi) is 9.77. The minimum absolute atomic E-state index is 0.0170. The van der Waals surface area contributed by atoms with Crippen molar-refractivity contribution < 1.29 is 24.3 Å². The topological polar surface area (TPSA) is 139 Å². The summed E-state index contributed by atoms with van der Waals surface area (Å²) in [6.07, 6.45) is -1.02. The van der Waals surface area contributed by atoms with Gasteiger partial charge in [0.2, 0.25) is 11.8 Å². The summed E-state index contributed by atoms with van der Waals surface area (Å²) in [5.41, 5.74) is 2.37. The van der Waals surface area contributed by atoms with E-state index in [1.54, 1.807) is 30.7 Å². The van der Waals surface area contributed by atoms with E-state index < -0.39 is 35.3 Å². The van der Waals surface area contributed by atoms with Crippen LogP contribution in [-0.4, -0.2) is 46.7 Å². The van der Waals surface area contributed by atoms with E-state index in [-0.39, 0.29) is 30.4 Å². The Morgan fingerprint density at radius 3 is 2.28 bits per heavy atom. The zero-order chi connectivity index (χ0) is 27.2. The molecule has 0 aliphatic rings. The molecule has 0 aliphatic heterocycles. The summed E-state index contributed by atoms with van der Waals surface area (Å²) in [4.78, 5) is 50.4. The predicted molar refractivity (Wildman–Crippen MR) is 136 cm³/mol. The normalized spacial score (nSPS) is 14.2. The van der Waals surface area contributed by atoms with Gasteiger partial charge in [0.15, 0.2) is 0 Å². The molecular formula is C26H38N4O6. The molecule has 0 spiro atoms. The largest absolute Gasteiger partial charge is 0.363 e. The lowest BCUT2D eigenvalue weighted by Crippen LogP contribution is -2.56. The molecule has 0 saturated heterocycles. The number of aryl methyl sites for hydroxylation is 1. The fraction of sp³-hybridized carbons (Fsp3) is 0.538. The second kappa shape index (κ2) is 12.1. The average molecular weight is 503 g/mol. The van der Waals surface area contributed by atoms with E-state index in [1.807, 2.05) is 40.7 Å². The van der Waals surface area contributed by atoms with Gasteiger partial charge in [-0.2, -0.15) is 0 Å². The molecule has 0 radical (unpaired) electrons. The number of benzene rings is 1. The molecule has 10 nitrogen and oxygen atoms in total. The Balaban J connectivity index is 2.34. The summed E-state index contributed by atoms with van der Waals surface area (Å²) in [6, 6.07) is 7.73. The molecule has 10 heteroatoms. The van der Waals surface area contributed by atoms with Crippen molar-refractivity contribution >= 4 is 28.6 Å². The van der Waals surface area contributed by atoms with Gasteiger partial charge < -0.3 is 19.9 Å². The van der Waals surface area contributed by atoms with Gasteiger partial charge in [-0.25, -0.2) is 5.48 Å². The van der Waals surface area contributed by atoms with Crippen LogP contribution in [0.4, 0.5) is 0 Å². The van der Waals surface area contributed by atoms with Crippen LogP contribution in [0, 0.1) is 17.3 Å². The third-order valence-electron chi connectivity index (χ3n) is 6.08. The van der Waals surface area contributed by atoms with Crippen LogP contribution in [0.25, 0.3) is 10.9 Å². The fourth-order valence-electron chi connectivity index (χ4n) is 4.09. The predicted octanol–water partition coefficient (Wildman–Crippen LogP) is 1.87. The smallest absolute Gasteiger partial charge is 0.273 e. The molecule has 2 aromatic rings. The van der Waals surface area contributed by atoms with Gasteiger partial charge in [0, 0.05) is 20.2 Å². The molecule has 3 atom stereocenters. The summed E-state index contributed by atoms with van der Waals surface area (Å²) < 4.78 is 7.45. The highest BCUT2D eigenvalue weighted by atomic mass is 16.5. The highest BCUT2D eigenvalue weighted by Gasteiger charge is 2.39. The molecule has 36 heavy (non-hydrogen) atoms. The number of ether oxygens (including phenoxy) is 1. The Bertz CT molecular complexity index is 1150. The minimum Gasteiger partial charge on any atom is -0.363 e. The van der Waals surface area contributed by atoms with Crippen molar-refractivity contribution in [3.8, 4) is 0 Å². The summed E-state index contributed by atoms with van der Waals surface area (Å²) >= 11 is 0. The first-order chi connectivity index (χ1) is 16.8. The SMILES string of the molecule is CNC(=O)[C@@H](NC(=O)[C@H](CC(C)C)[C@H](OCc1ccc2c(ccc(=O)n2C)c1)C(=O)NO)C(C)(C)C. The lowest BCUT2D eigenvalue weighted by atomic mass is 9.84. The number of fused-ring (bicyclic) bond motifs is 1.